The van der Waals surface area contributed by atoms with Gasteiger partial charge in [-0.3, -0.25) is 14.7 Å². The smallest absolute Gasteiger partial charge is 0.239 e. The molecule has 0 spiro atoms. The SMILES string of the molecule is C#CCNCC(=O)Nc1c(C#N)c(C)c(C)n1-c1ccc(OC)cc1. The molecule has 0 aliphatic rings. The Bertz CT molecular complexity index is 852. The standard InChI is InChI=1S/C19H20N4O2/c1-5-10-21-12-18(24)22-19-17(11-20)13(2)14(3)23(19)15-6-8-16(25-4)9-7-15/h1,6-9,21H,10,12H2,2-4H3,(H,22,24). The maximum absolute atomic E-state index is 12.2. The Hall–Kier alpha value is -3.22. The van der Waals surface area contributed by atoms with E-state index in [0.717, 1.165) is 22.7 Å². The van der Waals surface area contributed by atoms with Crippen LogP contribution in [0.15, 0.2) is 24.3 Å². The first-order valence-corrected chi connectivity index (χ1v) is 7.74. The normalized spacial score (nSPS) is 9.96. The Morgan fingerprint density at radius 3 is 2.56 bits per heavy atom. The Morgan fingerprint density at radius 1 is 1.32 bits per heavy atom. The third-order valence-electron chi connectivity index (χ3n) is 3.93. The van der Waals surface area contributed by atoms with Crippen molar-refractivity contribution in [1.29, 1.82) is 5.26 Å². The molecule has 25 heavy (non-hydrogen) atoms. The fourth-order valence-corrected chi connectivity index (χ4v) is 2.54. The summed E-state index contributed by atoms with van der Waals surface area (Å²) in [5.41, 5.74) is 2.98. The van der Waals surface area contributed by atoms with E-state index in [1.807, 2.05) is 42.7 Å². The van der Waals surface area contributed by atoms with Crippen molar-refractivity contribution >= 4 is 11.7 Å². The van der Waals surface area contributed by atoms with Crippen LogP contribution >= 0.6 is 0 Å². The molecule has 1 aromatic heterocycles. The van der Waals surface area contributed by atoms with E-state index < -0.39 is 0 Å². The van der Waals surface area contributed by atoms with Crippen LogP contribution in [0.1, 0.15) is 16.8 Å². The van der Waals surface area contributed by atoms with Crippen LogP contribution < -0.4 is 15.4 Å². The summed E-state index contributed by atoms with van der Waals surface area (Å²) in [4.78, 5) is 12.2. The summed E-state index contributed by atoms with van der Waals surface area (Å²) in [6, 6.07) is 9.58. The highest BCUT2D eigenvalue weighted by atomic mass is 16.5. The third-order valence-corrected chi connectivity index (χ3v) is 3.93. The number of aromatic nitrogens is 1. The molecular weight excluding hydrogens is 316 g/mol. The first kappa shape index (κ1) is 18.1. The largest absolute Gasteiger partial charge is 0.497 e. The van der Waals surface area contributed by atoms with Gasteiger partial charge in [0.2, 0.25) is 5.91 Å². The van der Waals surface area contributed by atoms with Gasteiger partial charge in [-0.2, -0.15) is 5.26 Å². The molecule has 2 rings (SSSR count). The van der Waals surface area contributed by atoms with Crippen molar-refractivity contribution in [3.05, 3.63) is 41.1 Å². The summed E-state index contributed by atoms with van der Waals surface area (Å²) >= 11 is 0. The summed E-state index contributed by atoms with van der Waals surface area (Å²) in [5, 5.41) is 15.2. The molecular formula is C19H20N4O2. The lowest BCUT2D eigenvalue weighted by molar-refractivity contribution is -0.115. The maximum Gasteiger partial charge on any atom is 0.239 e. The molecule has 2 aromatic rings. The first-order chi connectivity index (χ1) is 12.0. The Kier molecular flexibility index (Phi) is 5.84. The van der Waals surface area contributed by atoms with Crippen molar-refractivity contribution < 1.29 is 9.53 Å². The number of nitriles is 1. The lowest BCUT2D eigenvalue weighted by Crippen LogP contribution is -2.29. The lowest BCUT2D eigenvalue weighted by atomic mass is 10.2. The lowest BCUT2D eigenvalue weighted by Gasteiger charge is -2.14. The quantitative estimate of drug-likeness (QED) is 0.626. The highest BCUT2D eigenvalue weighted by molar-refractivity contribution is 5.93. The molecule has 6 heteroatoms. The highest BCUT2D eigenvalue weighted by Gasteiger charge is 2.20. The minimum Gasteiger partial charge on any atom is -0.497 e. The van der Waals surface area contributed by atoms with E-state index in [1.165, 1.54) is 0 Å². The average Bonchev–Trinajstić information content (AvgIpc) is 2.85. The maximum atomic E-state index is 12.2. The number of carbonyl (C=O) groups excluding carboxylic acids is 1. The Labute approximate surface area is 147 Å². The number of benzene rings is 1. The van der Waals surface area contributed by atoms with Gasteiger partial charge in [-0.05, 0) is 43.7 Å². The molecule has 0 saturated carbocycles. The fourth-order valence-electron chi connectivity index (χ4n) is 2.54. The number of nitrogens with zero attached hydrogens (tertiary/aromatic N) is 2. The average molecular weight is 336 g/mol. The number of hydrogen-bond acceptors (Lipinski definition) is 4. The van der Waals surface area contributed by atoms with E-state index in [1.54, 1.807) is 7.11 Å². The molecule has 0 aliphatic carbocycles. The molecule has 2 N–H and O–H groups in total. The molecule has 0 fully saturated rings. The topological polar surface area (TPSA) is 79.1 Å². The van der Waals surface area contributed by atoms with Gasteiger partial charge in [0.05, 0.1) is 25.8 Å². The molecule has 0 aliphatic heterocycles. The van der Waals surface area contributed by atoms with E-state index >= 15 is 0 Å². The van der Waals surface area contributed by atoms with Crippen LogP contribution in [0.4, 0.5) is 5.82 Å². The van der Waals surface area contributed by atoms with Gasteiger partial charge in [0.1, 0.15) is 17.6 Å². The number of terminal acetylenes is 1. The van der Waals surface area contributed by atoms with Crippen molar-refractivity contribution in [3.63, 3.8) is 0 Å². The minimum absolute atomic E-state index is 0.0704. The second-order valence-corrected chi connectivity index (χ2v) is 5.44. The van der Waals surface area contributed by atoms with Gasteiger partial charge in [0.25, 0.3) is 0 Å². The number of methoxy groups -OCH3 is 1. The first-order valence-electron chi connectivity index (χ1n) is 7.74. The number of rotatable bonds is 6. The van der Waals surface area contributed by atoms with Gasteiger partial charge >= 0.3 is 0 Å². The van der Waals surface area contributed by atoms with Gasteiger partial charge in [-0.1, -0.05) is 5.92 Å². The van der Waals surface area contributed by atoms with Crippen LogP contribution in [0.5, 0.6) is 5.75 Å². The second-order valence-electron chi connectivity index (χ2n) is 5.44. The van der Waals surface area contributed by atoms with Gasteiger partial charge in [0, 0.05) is 11.4 Å². The van der Waals surface area contributed by atoms with Crippen LogP contribution in [0.3, 0.4) is 0 Å². The van der Waals surface area contributed by atoms with Crippen molar-refractivity contribution in [1.82, 2.24) is 9.88 Å². The number of anilines is 1. The van der Waals surface area contributed by atoms with Crippen LogP contribution in [-0.4, -0.2) is 30.7 Å². The molecule has 0 bridgehead atoms. The van der Waals surface area contributed by atoms with Gasteiger partial charge in [0.15, 0.2) is 0 Å². The van der Waals surface area contributed by atoms with Gasteiger partial charge in [-0.25, -0.2) is 0 Å². The van der Waals surface area contributed by atoms with E-state index in [-0.39, 0.29) is 12.5 Å². The van der Waals surface area contributed by atoms with Crippen LogP contribution in [0, 0.1) is 37.5 Å². The van der Waals surface area contributed by atoms with E-state index in [4.69, 9.17) is 11.2 Å². The third kappa shape index (κ3) is 3.82. The van der Waals surface area contributed by atoms with Gasteiger partial charge < -0.3 is 10.1 Å². The number of hydrogen-bond donors (Lipinski definition) is 2. The Balaban J connectivity index is 2.43. The molecule has 1 amide bonds. The van der Waals surface area contributed by atoms with Crippen LogP contribution in [0.2, 0.25) is 0 Å². The zero-order valence-electron chi connectivity index (χ0n) is 14.5. The zero-order chi connectivity index (χ0) is 18.4. The zero-order valence-corrected chi connectivity index (χ0v) is 14.5. The minimum atomic E-state index is -0.265. The predicted octanol–water partition coefficient (Wildman–Crippen LogP) is 2.14. The van der Waals surface area contributed by atoms with E-state index in [0.29, 0.717) is 17.9 Å². The van der Waals surface area contributed by atoms with Crippen molar-refractivity contribution in [2.24, 2.45) is 0 Å². The van der Waals surface area contributed by atoms with Crippen LogP contribution in [-0.2, 0) is 4.79 Å². The molecule has 6 nitrogen and oxygen atoms in total. The van der Waals surface area contributed by atoms with Crippen LogP contribution in [0.25, 0.3) is 5.69 Å². The highest BCUT2D eigenvalue weighted by Crippen LogP contribution is 2.30. The summed E-state index contributed by atoms with van der Waals surface area (Å²) < 4.78 is 7.03. The molecule has 0 unspecified atom stereocenters. The van der Waals surface area contributed by atoms with E-state index in [9.17, 15) is 10.1 Å². The molecule has 1 aromatic carbocycles. The summed E-state index contributed by atoms with van der Waals surface area (Å²) in [7, 11) is 1.60. The summed E-state index contributed by atoms with van der Waals surface area (Å²) in [6.07, 6.45) is 5.16. The molecule has 1 heterocycles. The molecule has 0 atom stereocenters. The second kappa shape index (κ2) is 8.05. The molecule has 0 saturated heterocycles. The molecule has 0 radical (unpaired) electrons. The van der Waals surface area contributed by atoms with E-state index in [2.05, 4.69) is 22.6 Å². The number of carbonyl (C=O) groups is 1. The van der Waals surface area contributed by atoms with Crippen molar-refractivity contribution in [2.45, 2.75) is 13.8 Å². The van der Waals surface area contributed by atoms with Crippen molar-refractivity contribution in [3.8, 4) is 29.8 Å². The predicted molar refractivity (Wildman–Crippen MR) is 96.8 cm³/mol. The fraction of sp³-hybridized carbons (Fsp3) is 0.263. The summed E-state index contributed by atoms with van der Waals surface area (Å²) in [5.74, 6) is 3.33. The molecule has 128 valence electrons. The number of nitrogens with one attached hydrogen (secondary N) is 2. The van der Waals surface area contributed by atoms with Crippen molar-refractivity contribution in [2.75, 3.05) is 25.5 Å². The monoisotopic (exact) mass is 336 g/mol. The summed E-state index contributed by atoms with van der Waals surface area (Å²) in [6.45, 7) is 4.14. The van der Waals surface area contributed by atoms with Gasteiger partial charge in [-0.15, -0.1) is 6.42 Å². The number of ether oxygens (including phenoxy) is 1. The Morgan fingerprint density at radius 2 is 2.00 bits per heavy atom. The number of amides is 1.